The lowest BCUT2D eigenvalue weighted by Crippen LogP contribution is -2.00. The Labute approximate surface area is 177 Å². The highest BCUT2D eigenvalue weighted by atomic mass is 35.5. The number of aromatic nitrogens is 4. The highest BCUT2D eigenvalue weighted by Crippen LogP contribution is 2.32. The first-order valence-electron chi connectivity index (χ1n) is 8.98. The summed E-state index contributed by atoms with van der Waals surface area (Å²) in [7, 11) is 0. The first kappa shape index (κ1) is 19.2. The van der Waals surface area contributed by atoms with E-state index in [1.165, 1.54) is 11.1 Å². The highest BCUT2D eigenvalue weighted by Gasteiger charge is 2.16. The second-order valence-corrected chi connectivity index (χ2v) is 8.49. The molecule has 4 nitrogen and oxygen atoms in total. The SMILES string of the molecule is CCn1c(SCc2csc(-c3ccccc3C)n2)nnc1-c1ccccc1Cl. The minimum Gasteiger partial charge on any atom is -0.302 e. The van der Waals surface area contributed by atoms with Crippen molar-refractivity contribution >= 4 is 34.7 Å². The van der Waals surface area contributed by atoms with Crippen molar-refractivity contribution in [3.63, 3.8) is 0 Å². The fraction of sp³-hybridized carbons (Fsp3) is 0.190. The average molecular weight is 427 g/mol. The summed E-state index contributed by atoms with van der Waals surface area (Å²) in [4.78, 5) is 4.81. The van der Waals surface area contributed by atoms with Gasteiger partial charge in [0.2, 0.25) is 0 Å². The molecule has 0 atom stereocenters. The molecule has 7 heteroatoms. The van der Waals surface area contributed by atoms with E-state index in [1.54, 1.807) is 23.1 Å². The predicted molar refractivity (Wildman–Crippen MR) is 118 cm³/mol. The Hall–Kier alpha value is -2.15. The van der Waals surface area contributed by atoms with Crippen molar-refractivity contribution < 1.29 is 0 Å². The van der Waals surface area contributed by atoms with Crippen LogP contribution >= 0.6 is 34.7 Å². The number of thioether (sulfide) groups is 1. The third kappa shape index (κ3) is 3.85. The van der Waals surface area contributed by atoms with Crippen LogP contribution in [0, 0.1) is 6.92 Å². The number of halogens is 1. The standard InChI is InChI=1S/C21H19ClN4S2/c1-3-26-19(17-10-6-7-11-18(17)22)24-25-21(26)28-13-15-12-27-20(23-15)16-9-5-4-8-14(16)2/h4-12H,3,13H2,1-2H3. The van der Waals surface area contributed by atoms with Gasteiger partial charge in [-0.05, 0) is 31.5 Å². The molecule has 0 spiro atoms. The molecule has 4 aromatic rings. The molecule has 0 unspecified atom stereocenters. The zero-order valence-corrected chi connectivity index (χ0v) is 18.0. The minimum atomic E-state index is 0.684. The number of hydrogen-bond acceptors (Lipinski definition) is 5. The Morgan fingerprint density at radius 3 is 2.54 bits per heavy atom. The number of thiazole rings is 1. The summed E-state index contributed by atoms with van der Waals surface area (Å²) in [6.07, 6.45) is 0. The summed E-state index contributed by atoms with van der Waals surface area (Å²) < 4.78 is 2.10. The molecule has 0 bridgehead atoms. The van der Waals surface area contributed by atoms with E-state index in [4.69, 9.17) is 16.6 Å². The van der Waals surface area contributed by atoms with Crippen LogP contribution in [0.4, 0.5) is 0 Å². The molecule has 0 radical (unpaired) electrons. The van der Waals surface area contributed by atoms with Crippen LogP contribution in [0.25, 0.3) is 22.0 Å². The van der Waals surface area contributed by atoms with Crippen molar-refractivity contribution in [2.24, 2.45) is 0 Å². The first-order valence-corrected chi connectivity index (χ1v) is 11.2. The molecule has 0 amide bonds. The lowest BCUT2D eigenvalue weighted by molar-refractivity contribution is 0.687. The highest BCUT2D eigenvalue weighted by molar-refractivity contribution is 7.98. The van der Waals surface area contributed by atoms with E-state index in [-0.39, 0.29) is 0 Å². The molecule has 4 rings (SSSR count). The zero-order valence-electron chi connectivity index (χ0n) is 15.6. The fourth-order valence-corrected chi connectivity index (χ4v) is 5.10. The van der Waals surface area contributed by atoms with E-state index in [2.05, 4.69) is 58.3 Å². The molecule has 0 saturated carbocycles. The van der Waals surface area contributed by atoms with Crippen molar-refractivity contribution in [3.05, 3.63) is 70.2 Å². The molecular weight excluding hydrogens is 408 g/mol. The second-order valence-electron chi connectivity index (χ2n) is 6.28. The summed E-state index contributed by atoms with van der Waals surface area (Å²) >= 11 is 9.68. The van der Waals surface area contributed by atoms with Crippen LogP contribution in [0.3, 0.4) is 0 Å². The Kier molecular flexibility index (Phi) is 5.80. The van der Waals surface area contributed by atoms with Crippen molar-refractivity contribution in [3.8, 4) is 22.0 Å². The second kappa shape index (κ2) is 8.47. The number of hydrogen-bond donors (Lipinski definition) is 0. The molecule has 0 saturated heterocycles. The van der Waals surface area contributed by atoms with Crippen LogP contribution in [-0.2, 0) is 12.3 Å². The summed E-state index contributed by atoms with van der Waals surface area (Å²) in [5, 5.41) is 13.5. The van der Waals surface area contributed by atoms with Crippen LogP contribution in [0.1, 0.15) is 18.2 Å². The minimum absolute atomic E-state index is 0.684. The molecular formula is C21H19ClN4S2. The third-order valence-corrected chi connectivity index (χ3v) is 6.68. The van der Waals surface area contributed by atoms with Gasteiger partial charge in [0.25, 0.3) is 0 Å². The maximum Gasteiger partial charge on any atom is 0.191 e. The van der Waals surface area contributed by atoms with Crippen LogP contribution < -0.4 is 0 Å². The third-order valence-electron chi connectivity index (χ3n) is 4.42. The van der Waals surface area contributed by atoms with Gasteiger partial charge in [-0.15, -0.1) is 21.5 Å². The maximum atomic E-state index is 6.35. The van der Waals surface area contributed by atoms with E-state index in [9.17, 15) is 0 Å². The summed E-state index contributed by atoms with van der Waals surface area (Å²) in [6.45, 7) is 4.99. The molecule has 0 aliphatic rings. The average Bonchev–Trinajstić information content (AvgIpc) is 3.33. The Balaban J connectivity index is 1.54. The molecule has 0 N–H and O–H groups in total. The fourth-order valence-electron chi connectivity index (χ4n) is 2.97. The van der Waals surface area contributed by atoms with Gasteiger partial charge in [-0.25, -0.2) is 4.98 Å². The molecule has 2 aromatic heterocycles. The molecule has 28 heavy (non-hydrogen) atoms. The lowest BCUT2D eigenvalue weighted by atomic mass is 10.1. The molecule has 0 fully saturated rings. The van der Waals surface area contributed by atoms with E-state index in [0.29, 0.717) is 5.02 Å². The van der Waals surface area contributed by atoms with E-state index < -0.39 is 0 Å². The lowest BCUT2D eigenvalue weighted by Gasteiger charge is -2.08. The summed E-state index contributed by atoms with van der Waals surface area (Å²) in [5.41, 5.74) is 4.40. The summed E-state index contributed by atoms with van der Waals surface area (Å²) in [6, 6.07) is 16.1. The zero-order chi connectivity index (χ0) is 19.5. The number of rotatable bonds is 6. The number of benzene rings is 2. The predicted octanol–water partition coefficient (Wildman–Crippen LogP) is 6.34. The largest absolute Gasteiger partial charge is 0.302 e. The number of aryl methyl sites for hydroxylation is 1. The van der Waals surface area contributed by atoms with Gasteiger partial charge in [-0.3, -0.25) is 0 Å². The smallest absolute Gasteiger partial charge is 0.191 e. The molecule has 2 aromatic carbocycles. The maximum absolute atomic E-state index is 6.35. The Bertz CT molecular complexity index is 1100. The van der Waals surface area contributed by atoms with E-state index in [0.717, 1.165) is 39.5 Å². The number of nitrogens with zero attached hydrogens (tertiary/aromatic N) is 4. The first-order chi connectivity index (χ1) is 13.7. The Morgan fingerprint density at radius 1 is 1.04 bits per heavy atom. The Morgan fingerprint density at radius 2 is 1.79 bits per heavy atom. The van der Waals surface area contributed by atoms with Gasteiger partial charge in [0.15, 0.2) is 11.0 Å². The van der Waals surface area contributed by atoms with Crippen molar-refractivity contribution in [1.29, 1.82) is 0 Å². The molecule has 2 heterocycles. The van der Waals surface area contributed by atoms with Crippen molar-refractivity contribution in [2.45, 2.75) is 31.3 Å². The normalized spacial score (nSPS) is 11.1. The van der Waals surface area contributed by atoms with Gasteiger partial charge in [-0.1, -0.05) is 59.8 Å². The van der Waals surface area contributed by atoms with Crippen LogP contribution in [0.5, 0.6) is 0 Å². The van der Waals surface area contributed by atoms with E-state index >= 15 is 0 Å². The van der Waals surface area contributed by atoms with E-state index in [1.807, 2.05) is 24.3 Å². The molecule has 0 aliphatic carbocycles. The summed E-state index contributed by atoms with van der Waals surface area (Å²) in [5.74, 6) is 1.55. The van der Waals surface area contributed by atoms with Gasteiger partial charge in [0, 0.05) is 28.8 Å². The van der Waals surface area contributed by atoms with Crippen molar-refractivity contribution in [1.82, 2.24) is 19.7 Å². The van der Waals surface area contributed by atoms with Gasteiger partial charge in [0.1, 0.15) is 5.01 Å². The van der Waals surface area contributed by atoms with Gasteiger partial charge < -0.3 is 4.57 Å². The molecule has 142 valence electrons. The van der Waals surface area contributed by atoms with Gasteiger partial charge in [0.05, 0.1) is 10.7 Å². The van der Waals surface area contributed by atoms with Gasteiger partial charge >= 0.3 is 0 Å². The van der Waals surface area contributed by atoms with Crippen LogP contribution in [0.2, 0.25) is 5.02 Å². The topological polar surface area (TPSA) is 43.6 Å². The van der Waals surface area contributed by atoms with Crippen molar-refractivity contribution in [2.75, 3.05) is 0 Å². The van der Waals surface area contributed by atoms with Crippen LogP contribution in [0.15, 0.2) is 59.1 Å². The quantitative estimate of drug-likeness (QED) is 0.337. The van der Waals surface area contributed by atoms with Crippen LogP contribution in [-0.4, -0.2) is 19.7 Å². The monoisotopic (exact) mass is 426 g/mol. The molecule has 0 aliphatic heterocycles. The van der Waals surface area contributed by atoms with Gasteiger partial charge in [-0.2, -0.15) is 0 Å².